The van der Waals surface area contributed by atoms with E-state index in [9.17, 15) is 4.79 Å². The fraction of sp³-hybridized carbons (Fsp3) is 0.412. The molecule has 23 heavy (non-hydrogen) atoms. The van der Waals surface area contributed by atoms with Crippen molar-refractivity contribution in [2.75, 3.05) is 18.0 Å². The predicted molar refractivity (Wildman–Crippen MR) is 88.1 cm³/mol. The molecule has 0 spiro atoms. The maximum atomic E-state index is 12.1. The molecule has 0 aliphatic carbocycles. The van der Waals surface area contributed by atoms with Crippen LogP contribution >= 0.6 is 0 Å². The molecule has 120 valence electrons. The third-order valence-electron chi connectivity index (χ3n) is 4.15. The number of hydrogen-bond donors (Lipinski definition) is 1. The van der Waals surface area contributed by atoms with E-state index in [-0.39, 0.29) is 5.91 Å². The number of rotatable bonds is 4. The second-order valence-corrected chi connectivity index (χ2v) is 5.97. The number of aromatic nitrogens is 3. The highest BCUT2D eigenvalue weighted by Crippen LogP contribution is 2.20. The van der Waals surface area contributed by atoms with E-state index in [0.717, 1.165) is 30.4 Å². The lowest BCUT2D eigenvalue weighted by molar-refractivity contribution is 0.0945. The van der Waals surface area contributed by atoms with Gasteiger partial charge in [0.25, 0.3) is 5.91 Å². The van der Waals surface area contributed by atoms with Crippen LogP contribution in [0.25, 0.3) is 0 Å². The number of amides is 1. The molecule has 0 atom stereocenters. The summed E-state index contributed by atoms with van der Waals surface area (Å²) < 4.78 is 0. The topological polar surface area (TPSA) is 71.0 Å². The number of nitrogens with one attached hydrogen (secondary N) is 1. The number of pyridine rings is 1. The Kier molecular flexibility index (Phi) is 4.80. The van der Waals surface area contributed by atoms with Crippen molar-refractivity contribution in [3.05, 3.63) is 48.2 Å². The molecule has 2 aromatic heterocycles. The molecular formula is C17H21N5O. The highest BCUT2D eigenvalue weighted by atomic mass is 16.1. The molecule has 6 heteroatoms. The summed E-state index contributed by atoms with van der Waals surface area (Å²) in [5.41, 5.74) is 1.29. The molecular weight excluding hydrogens is 290 g/mol. The molecule has 0 aromatic carbocycles. The van der Waals surface area contributed by atoms with Crippen molar-refractivity contribution >= 4 is 11.7 Å². The molecule has 1 aliphatic heterocycles. The Labute approximate surface area is 136 Å². The molecule has 0 unspecified atom stereocenters. The minimum Gasteiger partial charge on any atom is -0.355 e. The summed E-state index contributed by atoms with van der Waals surface area (Å²) in [4.78, 5) is 27.0. The number of carbonyl (C=O) groups excluding carboxylic acids is 1. The summed E-state index contributed by atoms with van der Waals surface area (Å²) in [6, 6.07) is 3.76. The third kappa shape index (κ3) is 4.03. The number of anilines is 1. The highest BCUT2D eigenvalue weighted by Gasteiger charge is 2.17. The maximum absolute atomic E-state index is 12.1. The molecule has 6 nitrogen and oxygen atoms in total. The molecule has 1 amide bonds. The average molecular weight is 311 g/mol. The smallest absolute Gasteiger partial charge is 0.271 e. The zero-order valence-electron chi connectivity index (χ0n) is 13.3. The van der Waals surface area contributed by atoms with Crippen molar-refractivity contribution in [2.45, 2.75) is 26.3 Å². The number of piperidine rings is 1. The zero-order valence-corrected chi connectivity index (χ0v) is 13.3. The average Bonchev–Trinajstić information content (AvgIpc) is 2.61. The summed E-state index contributed by atoms with van der Waals surface area (Å²) in [6.07, 6.45) is 9.02. The number of nitrogens with zero attached hydrogens (tertiary/aromatic N) is 4. The lowest BCUT2D eigenvalue weighted by Gasteiger charge is -2.30. The maximum Gasteiger partial charge on any atom is 0.271 e. The Morgan fingerprint density at radius 2 is 2.09 bits per heavy atom. The van der Waals surface area contributed by atoms with Crippen LogP contribution < -0.4 is 10.2 Å². The zero-order chi connectivity index (χ0) is 16.1. The van der Waals surface area contributed by atoms with E-state index in [0.29, 0.717) is 12.2 Å². The molecule has 1 N–H and O–H groups in total. The van der Waals surface area contributed by atoms with E-state index < -0.39 is 0 Å². The van der Waals surface area contributed by atoms with Crippen LogP contribution in [-0.2, 0) is 6.54 Å². The lowest BCUT2D eigenvalue weighted by Crippen LogP contribution is -2.33. The van der Waals surface area contributed by atoms with E-state index >= 15 is 0 Å². The van der Waals surface area contributed by atoms with Crippen molar-refractivity contribution in [2.24, 2.45) is 5.92 Å². The summed E-state index contributed by atoms with van der Waals surface area (Å²) in [5, 5.41) is 2.82. The van der Waals surface area contributed by atoms with E-state index in [4.69, 9.17) is 0 Å². The second kappa shape index (κ2) is 7.17. The lowest BCUT2D eigenvalue weighted by atomic mass is 9.99. The first-order valence-electron chi connectivity index (χ1n) is 7.96. The molecule has 0 bridgehead atoms. The van der Waals surface area contributed by atoms with E-state index in [2.05, 4.69) is 32.1 Å². The van der Waals surface area contributed by atoms with Crippen LogP contribution in [0.3, 0.4) is 0 Å². The predicted octanol–water partition coefficient (Wildman–Crippen LogP) is 2.04. The van der Waals surface area contributed by atoms with Crippen LogP contribution in [-0.4, -0.2) is 33.9 Å². The minimum atomic E-state index is -0.222. The molecule has 0 saturated carbocycles. The van der Waals surface area contributed by atoms with Crippen molar-refractivity contribution < 1.29 is 4.79 Å². The Balaban J connectivity index is 1.57. The summed E-state index contributed by atoms with van der Waals surface area (Å²) in [5.74, 6) is 1.40. The van der Waals surface area contributed by atoms with Gasteiger partial charge in [-0.15, -0.1) is 0 Å². The van der Waals surface area contributed by atoms with Gasteiger partial charge in [0.1, 0.15) is 11.5 Å². The van der Waals surface area contributed by atoms with Gasteiger partial charge in [-0.1, -0.05) is 13.0 Å². The van der Waals surface area contributed by atoms with Gasteiger partial charge in [0.05, 0.1) is 12.4 Å². The molecule has 1 fully saturated rings. The van der Waals surface area contributed by atoms with Gasteiger partial charge in [-0.2, -0.15) is 0 Å². The van der Waals surface area contributed by atoms with Crippen LogP contribution in [0.2, 0.25) is 0 Å². The van der Waals surface area contributed by atoms with Crippen molar-refractivity contribution in [1.82, 2.24) is 20.3 Å². The summed E-state index contributed by atoms with van der Waals surface area (Å²) >= 11 is 0. The summed E-state index contributed by atoms with van der Waals surface area (Å²) in [7, 11) is 0. The Bertz CT molecular complexity index is 636. The fourth-order valence-corrected chi connectivity index (χ4v) is 2.62. The standard InChI is InChI=1S/C17H21N5O/c1-13-4-7-22(8-5-13)16-12-19-15(11-20-16)17(23)21-10-14-3-2-6-18-9-14/h2-3,6,9,11-13H,4-5,7-8,10H2,1H3,(H,21,23). The molecule has 1 saturated heterocycles. The Morgan fingerprint density at radius 1 is 1.26 bits per heavy atom. The van der Waals surface area contributed by atoms with Crippen LogP contribution in [0.1, 0.15) is 35.8 Å². The van der Waals surface area contributed by atoms with Crippen molar-refractivity contribution in [3.63, 3.8) is 0 Å². The minimum absolute atomic E-state index is 0.222. The van der Waals surface area contributed by atoms with Gasteiger partial charge >= 0.3 is 0 Å². The first kappa shape index (κ1) is 15.4. The van der Waals surface area contributed by atoms with E-state index in [1.165, 1.54) is 12.8 Å². The molecule has 3 rings (SSSR count). The fourth-order valence-electron chi connectivity index (χ4n) is 2.62. The Hall–Kier alpha value is -2.50. The second-order valence-electron chi connectivity index (χ2n) is 5.97. The number of hydrogen-bond acceptors (Lipinski definition) is 5. The van der Waals surface area contributed by atoms with Gasteiger partial charge in [-0.05, 0) is 30.4 Å². The summed E-state index contributed by atoms with van der Waals surface area (Å²) in [6.45, 7) is 4.71. The van der Waals surface area contributed by atoms with Crippen LogP contribution in [0.5, 0.6) is 0 Å². The molecule has 0 radical (unpaired) electrons. The van der Waals surface area contributed by atoms with Gasteiger partial charge in [-0.25, -0.2) is 9.97 Å². The number of carbonyl (C=O) groups is 1. The normalized spacial score (nSPS) is 15.4. The quantitative estimate of drug-likeness (QED) is 0.935. The van der Waals surface area contributed by atoms with Gasteiger partial charge in [0.15, 0.2) is 0 Å². The van der Waals surface area contributed by atoms with Crippen LogP contribution in [0.15, 0.2) is 36.9 Å². The highest BCUT2D eigenvalue weighted by molar-refractivity contribution is 5.91. The van der Waals surface area contributed by atoms with Gasteiger partial charge < -0.3 is 10.2 Å². The first-order chi connectivity index (χ1) is 11.2. The monoisotopic (exact) mass is 311 g/mol. The van der Waals surface area contributed by atoms with E-state index in [1.807, 2.05) is 12.1 Å². The molecule has 3 heterocycles. The molecule has 1 aliphatic rings. The van der Waals surface area contributed by atoms with Crippen molar-refractivity contribution in [3.8, 4) is 0 Å². The van der Waals surface area contributed by atoms with Gasteiger partial charge in [-0.3, -0.25) is 9.78 Å². The van der Waals surface area contributed by atoms with Gasteiger partial charge in [0, 0.05) is 32.0 Å². The first-order valence-corrected chi connectivity index (χ1v) is 7.96. The van der Waals surface area contributed by atoms with Crippen LogP contribution in [0, 0.1) is 5.92 Å². The SMILES string of the molecule is CC1CCN(c2cnc(C(=O)NCc3cccnc3)cn2)CC1. The Morgan fingerprint density at radius 3 is 2.74 bits per heavy atom. The van der Waals surface area contributed by atoms with E-state index in [1.54, 1.807) is 24.8 Å². The van der Waals surface area contributed by atoms with Crippen LogP contribution in [0.4, 0.5) is 5.82 Å². The van der Waals surface area contributed by atoms with Crippen molar-refractivity contribution in [1.29, 1.82) is 0 Å². The molecule has 2 aromatic rings. The largest absolute Gasteiger partial charge is 0.355 e. The van der Waals surface area contributed by atoms with Gasteiger partial charge in [0.2, 0.25) is 0 Å². The third-order valence-corrected chi connectivity index (χ3v) is 4.15.